The third-order valence-corrected chi connectivity index (χ3v) is 3.60. The number of aromatic nitrogens is 2. The van der Waals surface area contributed by atoms with Crippen LogP contribution in [0.5, 0.6) is 0 Å². The number of aryl methyl sites for hydroxylation is 2. The first-order chi connectivity index (χ1) is 10.8. The van der Waals surface area contributed by atoms with Crippen molar-refractivity contribution in [2.75, 3.05) is 0 Å². The van der Waals surface area contributed by atoms with Crippen molar-refractivity contribution in [3.8, 4) is 5.69 Å². The number of nitrogens with one attached hydrogen (secondary N) is 1. The van der Waals surface area contributed by atoms with Crippen LogP contribution in [0.1, 0.15) is 35.6 Å². The van der Waals surface area contributed by atoms with Gasteiger partial charge in [-0.2, -0.15) is 5.10 Å². The van der Waals surface area contributed by atoms with Gasteiger partial charge < -0.3 is 10.4 Å². The zero-order valence-corrected chi connectivity index (χ0v) is 13.7. The first kappa shape index (κ1) is 16.7. The van der Waals surface area contributed by atoms with Gasteiger partial charge in [0.15, 0.2) is 0 Å². The van der Waals surface area contributed by atoms with Gasteiger partial charge in [0, 0.05) is 11.3 Å². The number of carboxylic acids is 1. The van der Waals surface area contributed by atoms with E-state index in [1.54, 1.807) is 42.8 Å². The highest BCUT2D eigenvalue weighted by molar-refractivity contribution is 5.96. The Bertz CT molecular complexity index is 717. The van der Waals surface area contributed by atoms with Crippen LogP contribution < -0.4 is 5.32 Å². The van der Waals surface area contributed by atoms with E-state index in [4.69, 9.17) is 5.11 Å². The molecule has 0 fully saturated rings. The summed E-state index contributed by atoms with van der Waals surface area (Å²) in [7, 11) is 0. The molecule has 2 N–H and O–H groups in total. The summed E-state index contributed by atoms with van der Waals surface area (Å²) in [6.07, 6.45) is 0. The van der Waals surface area contributed by atoms with E-state index in [9.17, 15) is 9.59 Å². The summed E-state index contributed by atoms with van der Waals surface area (Å²) in [5.74, 6) is -1.62. The number of nitrogens with zero attached hydrogens (tertiary/aromatic N) is 2. The lowest BCUT2D eigenvalue weighted by Crippen LogP contribution is -2.44. The fraction of sp³-hybridized carbons (Fsp3) is 0.353. The minimum Gasteiger partial charge on any atom is -0.480 e. The van der Waals surface area contributed by atoms with Gasteiger partial charge in [0.1, 0.15) is 6.04 Å². The summed E-state index contributed by atoms with van der Waals surface area (Å²) >= 11 is 0. The molecular formula is C17H21N3O3. The van der Waals surface area contributed by atoms with Gasteiger partial charge in [-0.3, -0.25) is 4.79 Å². The zero-order valence-electron chi connectivity index (χ0n) is 13.7. The number of benzene rings is 1. The average molecular weight is 315 g/mol. The fourth-order valence-electron chi connectivity index (χ4n) is 2.38. The molecule has 0 aliphatic rings. The topological polar surface area (TPSA) is 84.2 Å². The largest absolute Gasteiger partial charge is 0.480 e. The molecule has 1 amide bonds. The van der Waals surface area contributed by atoms with Gasteiger partial charge >= 0.3 is 5.97 Å². The van der Waals surface area contributed by atoms with Crippen molar-refractivity contribution in [1.29, 1.82) is 0 Å². The van der Waals surface area contributed by atoms with Crippen LogP contribution in [0.3, 0.4) is 0 Å². The monoisotopic (exact) mass is 315 g/mol. The van der Waals surface area contributed by atoms with E-state index >= 15 is 0 Å². The van der Waals surface area contributed by atoms with Crippen LogP contribution in [0.25, 0.3) is 5.69 Å². The Morgan fingerprint density at radius 2 is 1.78 bits per heavy atom. The van der Waals surface area contributed by atoms with E-state index in [-0.39, 0.29) is 5.92 Å². The fourth-order valence-corrected chi connectivity index (χ4v) is 2.38. The first-order valence-electron chi connectivity index (χ1n) is 7.47. The third kappa shape index (κ3) is 3.77. The van der Waals surface area contributed by atoms with Crippen LogP contribution in [-0.2, 0) is 4.79 Å². The van der Waals surface area contributed by atoms with Gasteiger partial charge in [-0.15, -0.1) is 0 Å². The number of carboxylic acid groups (broad SMARTS) is 1. The van der Waals surface area contributed by atoms with E-state index in [1.165, 1.54) is 0 Å². The summed E-state index contributed by atoms with van der Waals surface area (Å²) in [6.45, 7) is 7.39. The molecule has 1 heterocycles. The second-order valence-electron chi connectivity index (χ2n) is 5.92. The summed E-state index contributed by atoms with van der Waals surface area (Å²) in [5, 5.41) is 16.1. The van der Waals surface area contributed by atoms with E-state index in [2.05, 4.69) is 10.4 Å². The minimum absolute atomic E-state index is 0.189. The SMILES string of the molecule is Cc1cc(C)n(-c2ccc(C(=O)N[C@H](C(=O)O)C(C)C)cc2)n1. The number of hydrogen-bond acceptors (Lipinski definition) is 3. The highest BCUT2D eigenvalue weighted by atomic mass is 16.4. The quantitative estimate of drug-likeness (QED) is 0.887. The third-order valence-electron chi connectivity index (χ3n) is 3.60. The molecule has 1 aromatic heterocycles. The van der Waals surface area contributed by atoms with Crippen molar-refractivity contribution in [2.45, 2.75) is 33.7 Å². The summed E-state index contributed by atoms with van der Waals surface area (Å²) in [6, 6.07) is 7.98. The van der Waals surface area contributed by atoms with Crippen molar-refractivity contribution < 1.29 is 14.7 Å². The summed E-state index contributed by atoms with van der Waals surface area (Å²) in [5.41, 5.74) is 3.20. The molecule has 122 valence electrons. The molecule has 23 heavy (non-hydrogen) atoms. The van der Waals surface area contributed by atoms with E-state index in [0.717, 1.165) is 17.1 Å². The van der Waals surface area contributed by atoms with Crippen molar-refractivity contribution in [3.05, 3.63) is 47.3 Å². The molecule has 0 bridgehead atoms. The molecule has 6 nitrogen and oxygen atoms in total. The molecule has 0 aliphatic carbocycles. The maximum Gasteiger partial charge on any atom is 0.326 e. The first-order valence-corrected chi connectivity index (χ1v) is 7.47. The molecule has 2 rings (SSSR count). The molecule has 1 aromatic carbocycles. The van der Waals surface area contributed by atoms with Crippen molar-refractivity contribution in [3.63, 3.8) is 0 Å². The Morgan fingerprint density at radius 1 is 1.17 bits per heavy atom. The molecule has 0 saturated carbocycles. The van der Waals surface area contributed by atoms with Crippen molar-refractivity contribution in [1.82, 2.24) is 15.1 Å². The normalized spacial score (nSPS) is 12.2. The van der Waals surface area contributed by atoms with Crippen LogP contribution in [-0.4, -0.2) is 32.8 Å². The second-order valence-corrected chi connectivity index (χ2v) is 5.92. The Morgan fingerprint density at radius 3 is 2.22 bits per heavy atom. The van der Waals surface area contributed by atoms with Crippen LogP contribution in [0, 0.1) is 19.8 Å². The Kier molecular flexibility index (Phi) is 4.83. The average Bonchev–Trinajstić information content (AvgIpc) is 2.82. The lowest BCUT2D eigenvalue weighted by Gasteiger charge is -2.18. The maximum atomic E-state index is 12.2. The van der Waals surface area contributed by atoms with Crippen LogP contribution in [0.15, 0.2) is 30.3 Å². The van der Waals surface area contributed by atoms with E-state index in [1.807, 2.05) is 19.9 Å². The highest BCUT2D eigenvalue weighted by Gasteiger charge is 2.23. The van der Waals surface area contributed by atoms with Gasteiger partial charge in [-0.05, 0) is 50.1 Å². The van der Waals surface area contributed by atoms with E-state index in [0.29, 0.717) is 5.56 Å². The van der Waals surface area contributed by atoms with Gasteiger partial charge in [0.05, 0.1) is 11.4 Å². The molecule has 0 saturated heterocycles. The molecule has 2 aromatic rings. The minimum atomic E-state index is -1.03. The smallest absolute Gasteiger partial charge is 0.326 e. The standard InChI is InChI=1S/C17H21N3O3/c1-10(2)15(17(22)23)18-16(21)13-5-7-14(8-6-13)20-12(4)9-11(3)19-20/h5-10,15H,1-4H3,(H,18,21)(H,22,23)/t15-/m0/s1. The highest BCUT2D eigenvalue weighted by Crippen LogP contribution is 2.13. The molecule has 0 radical (unpaired) electrons. The van der Waals surface area contributed by atoms with Crippen LogP contribution >= 0.6 is 0 Å². The number of carbonyl (C=O) groups excluding carboxylic acids is 1. The van der Waals surface area contributed by atoms with Crippen molar-refractivity contribution >= 4 is 11.9 Å². The molecule has 0 aliphatic heterocycles. The molecule has 0 unspecified atom stereocenters. The zero-order chi connectivity index (χ0) is 17.1. The second kappa shape index (κ2) is 6.64. The van der Waals surface area contributed by atoms with Crippen LogP contribution in [0.4, 0.5) is 0 Å². The Hall–Kier alpha value is -2.63. The summed E-state index contributed by atoms with van der Waals surface area (Å²) in [4.78, 5) is 23.3. The molecule has 6 heteroatoms. The van der Waals surface area contributed by atoms with Gasteiger partial charge in [-0.25, -0.2) is 9.48 Å². The molecular weight excluding hydrogens is 294 g/mol. The Labute approximate surface area is 135 Å². The Balaban J connectivity index is 2.17. The lowest BCUT2D eigenvalue weighted by atomic mass is 10.0. The maximum absolute atomic E-state index is 12.2. The predicted molar refractivity (Wildman–Crippen MR) is 86.8 cm³/mol. The molecule has 0 spiro atoms. The summed E-state index contributed by atoms with van der Waals surface area (Å²) < 4.78 is 1.80. The molecule has 1 atom stereocenters. The van der Waals surface area contributed by atoms with Gasteiger partial charge in [0.25, 0.3) is 5.91 Å². The van der Waals surface area contributed by atoms with Crippen LogP contribution in [0.2, 0.25) is 0 Å². The van der Waals surface area contributed by atoms with Gasteiger partial charge in [0.2, 0.25) is 0 Å². The van der Waals surface area contributed by atoms with Gasteiger partial charge in [-0.1, -0.05) is 13.8 Å². The number of carbonyl (C=O) groups is 2. The number of amides is 1. The lowest BCUT2D eigenvalue weighted by molar-refractivity contribution is -0.140. The van der Waals surface area contributed by atoms with E-state index < -0.39 is 17.9 Å². The predicted octanol–water partition coefficient (Wildman–Crippen LogP) is 2.33. The number of rotatable bonds is 5. The number of hydrogen-bond donors (Lipinski definition) is 2. The van der Waals surface area contributed by atoms with Crippen molar-refractivity contribution in [2.24, 2.45) is 5.92 Å². The number of aliphatic carboxylic acids is 1.